The lowest BCUT2D eigenvalue weighted by Crippen LogP contribution is -2.00. The van der Waals surface area contributed by atoms with Crippen molar-refractivity contribution < 1.29 is 13.6 Å². The summed E-state index contributed by atoms with van der Waals surface area (Å²) in [5.74, 6) is 1.55. The first-order valence-corrected chi connectivity index (χ1v) is 8.69. The highest BCUT2D eigenvalue weighted by atomic mass is 32.2. The van der Waals surface area contributed by atoms with Crippen molar-refractivity contribution in [1.82, 2.24) is 15.2 Å². The normalized spacial score (nSPS) is 11.0. The third kappa shape index (κ3) is 3.31. The standard InChI is InChI=1S/C18H13N3O4S/c1-23-13-2-3-14-12(8-16(22)24-15(14)9-13)10-26-18-21-20-17(25-18)11-4-6-19-7-5-11/h2-9H,10H2,1H3. The van der Waals surface area contributed by atoms with E-state index in [0.29, 0.717) is 28.2 Å². The lowest BCUT2D eigenvalue weighted by atomic mass is 10.1. The molecule has 3 heterocycles. The van der Waals surface area contributed by atoms with Gasteiger partial charge in [0.05, 0.1) is 7.11 Å². The van der Waals surface area contributed by atoms with Crippen LogP contribution in [-0.2, 0) is 5.75 Å². The van der Waals surface area contributed by atoms with Crippen LogP contribution in [0.5, 0.6) is 5.75 Å². The van der Waals surface area contributed by atoms with Gasteiger partial charge in [-0.1, -0.05) is 11.8 Å². The van der Waals surface area contributed by atoms with Crippen LogP contribution in [0.2, 0.25) is 0 Å². The molecule has 4 aromatic rings. The van der Waals surface area contributed by atoms with E-state index in [1.54, 1.807) is 37.7 Å². The molecule has 8 heteroatoms. The lowest BCUT2D eigenvalue weighted by molar-refractivity contribution is 0.414. The van der Waals surface area contributed by atoms with Crippen molar-refractivity contribution in [2.24, 2.45) is 0 Å². The molecule has 130 valence electrons. The zero-order valence-electron chi connectivity index (χ0n) is 13.7. The second kappa shape index (κ2) is 7.01. The SMILES string of the molecule is COc1ccc2c(CSc3nnc(-c4ccncc4)o3)cc(=O)oc2c1. The number of hydrogen-bond acceptors (Lipinski definition) is 8. The maximum absolute atomic E-state index is 11.8. The Labute approximate surface area is 152 Å². The molecule has 0 amide bonds. The Morgan fingerprint density at radius 2 is 1.92 bits per heavy atom. The van der Waals surface area contributed by atoms with Crippen LogP contribution in [0.1, 0.15) is 5.56 Å². The summed E-state index contributed by atoms with van der Waals surface area (Å²) in [6, 6.07) is 10.4. The number of thioether (sulfide) groups is 1. The molecule has 0 N–H and O–H groups in total. The minimum atomic E-state index is -0.413. The van der Waals surface area contributed by atoms with Crippen LogP contribution < -0.4 is 10.4 Å². The maximum Gasteiger partial charge on any atom is 0.336 e. The molecule has 3 aromatic heterocycles. The number of aromatic nitrogens is 3. The van der Waals surface area contributed by atoms with Gasteiger partial charge in [0.1, 0.15) is 11.3 Å². The van der Waals surface area contributed by atoms with Crippen molar-refractivity contribution >= 4 is 22.7 Å². The first kappa shape index (κ1) is 16.3. The summed E-state index contributed by atoms with van der Waals surface area (Å²) >= 11 is 1.35. The summed E-state index contributed by atoms with van der Waals surface area (Å²) < 4.78 is 16.1. The van der Waals surface area contributed by atoms with E-state index in [4.69, 9.17) is 13.6 Å². The summed E-state index contributed by atoms with van der Waals surface area (Å²) in [7, 11) is 1.56. The lowest BCUT2D eigenvalue weighted by Gasteiger charge is -2.05. The Kier molecular flexibility index (Phi) is 4.40. The number of ether oxygens (including phenoxy) is 1. The Balaban J connectivity index is 1.58. The Morgan fingerprint density at radius 3 is 2.73 bits per heavy atom. The molecular weight excluding hydrogens is 354 g/mol. The van der Waals surface area contributed by atoms with Crippen LogP contribution in [0.3, 0.4) is 0 Å². The average Bonchev–Trinajstić information content (AvgIpc) is 3.15. The van der Waals surface area contributed by atoms with Gasteiger partial charge in [0.25, 0.3) is 5.22 Å². The van der Waals surface area contributed by atoms with E-state index in [0.717, 1.165) is 16.5 Å². The van der Waals surface area contributed by atoms with Gasteiger partial charge < -0.3 is 13.6 Å². The molecule has 0 aliphatic carbocycles. The fourth-order valence-electron chi connectivity index (χ4n) is 2.48. The largest absolute Gasteiger partial charge is 0.497 e. The number of rotatable bonds is 5. The third-order valence-electron chi connectivity index (χ3n) is 3.72. The smallest absolute Gasteiger partial charge is 0.336 e. The van der Waals surface area contributed by atoms with Crippen LogP contribution in [0.25, 0.3) is 22.4 Å². The molecule has 0 fully saturated rings. The average molecular weight is 367 g/mol. The van der Waals surface area contributed by atoms with Crippen LogP contribution in [0, 0.1) is 0 Å². The fraction of sp³-hybridized carbons (Fsp3) is 0.111. The first-order valence-electron chi connectivity index (χ1n) is 7.70. The van der Waals surface area contributed by atoms with Gasteiger partial charge in [-0.15, -0.1) is 10.2 Å². The molecule has 0 bridgehead atoms. The van der Waals surface area contributed by atoms with Crippen molar-refractivity contribution in [3.63, 3.8) is 0 Å². The number of nitrogens with zero attached hydrogens (tertiary/aromatic N) is 3. The van der Waals surface area contributed by atoms with Gasteiger partial charge in [-0.05, 0) is 29.8 Å². The van der Waals surface area contributed by atoms with Crippen LogP contribution in [0.15, 0.2) is 67.6 Å². The molecule has 0 spiro atoms. The number of benzene rings is 1. The summed E-state index contributed by atoms with van der Waals surface area (Å²) in [6.07, 6.45) is 3.33. The molecule has 7 nitrogen and oxygen atoms in total. The molecule has 0 saturated heterocycles. The highest BCUT2D eigenvalue weighted by Crippen LogP contribution is 2.29. The maximum atomic E-state index is 11.8. The molecule has 26 heavy (non-hydrogen) atoms. The number of pyridine rings is 1. The van der Waals surface area contributed by atoms with Crippen molar-refractivity contribution in [2.75, 3.05) is 7.11 Å². The summed E-state index contributed by atoms with van der Waals surface area (Å²) in [4.78, 5) is 15.8. The number of fused-ring (bicyclic) bond motifs is 1. The van der Waals surface area contributed by atoms with E-state index in [1.165, 1.54) is 17.8 Å². The van der Waals surface area contributed by atoms with Gasteiger partial charge in [0.2, 0.25) is 5.89 Å². The fourth-order valence-corrected chi connectivity index (χ4v) is 3.23. The third-order valence-corrected chi connectivity index (χ3v) is 4.59. The van der Waals surface area contributed by atoms with Crippen LogP contribution in [0.4, 0.5) is 0 Å². The molecule has 0 aliphatic rings. The van der Waals surface area contributed by atoms with Gasteiger partial charge in [0, 0.05) is 41.2 Å². The summed E-state index contributed by atoms with van der Waals surface area (Å²) in [5.41, 5.74) is 1.70. The van der Waals surface area contributed by atoms with Gasteiger partial charge in [-0.25, -0.2) is 4.79 Å². The monoisotopic (exact) mass is 367 g/mol. The zero-order valence-corrected chi connectivity index (χ0v) is 14.5. The molecule has 0 unspecified atom stereocenters. The predicted molar refractivity (Wildman–Crippen MR) is 96.1 cm³/mol. The van der Waals surface area contributed by atoms with Gasteiger partial charge in [-0.3, -0.25) is 4.98 Å². The molecule has 0 saturated carbocycles. The van der Waals surface area contributed by atoms with Gasteiger partial charge >= 0.3 is 5.63 Å². The number of hydrogen-bond donors (Lipinski definition) is 0. The van der Waals surface area contributed by atoms with E-state index in [1.807, 2.05) is 12.1 Å². The predicted octanol–water partition coefficient (Wildman–Crippen LogP) is 3.54. The van der Waals surface area contributed by atoms with Crippen molar-refractivity contribution in [3.8, 4) is 17.2 Å². The minimum absolute atomic E-state index is 0.413. The van der Waals surface area contributed by atoms with E-state index < -0.39 is 5.63 Å². The van der Waals surface area contributed by atoms with Crippen molar-refractivity contribution in [2.45, 2.75) is 11.0 Å². The summed E-state index contributed by atoms with van der Waals surface area (Å²) in [5, 5.41) is 9.34. The molecule has 0 radical (unpaired) electrons. The molecule has 0 atom stereocenters. The Morgan fingerprint density at radius 1 is 1.08 bits per heavy atom. The van der Waals surface area contributed by atoms with Gasteiger partial charge in [0.15, 0.2) is 0 Å². The highest BCUT2D eigenvalue weighted by Gasteiger charge is 2.12. The zero-order chi connectivity index (χ0) is 17.9. The van der Waals surface area contributed by atoms with Crippen LogP contribution in [-0.4, -0.2) is 22.3 Å². The molecule has 1 aromatic carbocycles. The van der Waals surface area contributed by atoms with E-state index in [9.17, 15) is 4.79 Å². The Hall–Kier alpha value is -3.13. The van der Waals surface area contributed by atoms with E-state index in [-0.39, 0.29) is 0 Å². The van der Waals surface area contributed by atoms with Crippen LogP contribution >= 0.6 is 11.8 Å². The van der Waals surface area contributed by atoms with Gasteiger partial charge in [-0.2, -0.15) is 0 Å². The summed E-state index contributed by atoms with van der Waals surface area (Å²) in [6.45, 7) is 0. The quantitative estimate of drug-likeness (QED) is 0.391. The Bertz CT molecular complexity index is 1110. The van der Waals surface area contributed by atoms with Crippen molar-refractivity contribution in [1.29, 1.82) is 0 Å². The highest BCUT2D eigenvalue weighted by molar-refractivity contribution is 7.98. The van der Waals surface area contributed by atoms with E-state index >= 15 is 0 Å². The van der Waals surface area contributed by atoms with E-state index in [2.05, 4.69) is 15.2 Å². The molecule has 4 rings (SSSR count). The van der Waals surface area contributed by atoms with Crippen molar-refractivity contribution in [3.05, 3.63) is 64.8 Å². The second-order valence-corrected chi connectivity index (χ2v) is 6.28. The number of methoxy groups -OCH3 is 1. The second-order valence-electron chi connectivity index (χ2n) is 5.35. The molecule has 0 aliphatic heterocycles. The first-order chi connectivity index (χ1) is 12.7. The molecular formula is C18H13N3O4S. The topological polar surface area (TPSA) is 91.3 Å². The minimum Gasteiger partial charge on any atom is -0.497 e.